The van der Waals surface area contributed by atoms with Gasteiger partial charge in [0.05, 0.1) is 18.2 Å². The van der Waals surface area contributed by atoms with E-state index in [2.05, 4.69) is 30.0 Å². The molecular formula is C39H48FN3O5. The van der Waals surface area contributed by atoms with Crippen molar-refractivity contribution in [3.63, 3.8) is 0 Å². The van der Waals surface area contributed by atoms with Gasteiger partial charge in [0, 0.05) is 51.4 Å². The Labute approximate surface area is 283 Å². The fraction of sp³-hybridized carbons (Fsp3) is 0.513. The van der Waals surface area contributed by atoms with Gasteiger partial charge in [0.25, 0.3) is 0 Å². The van der Waals surface area contributed by atoms with Crippen molar-refractivity contribution in [3.05, 3.63) is 76.6 Å². The van der Waals surface area contributed by atoms with Crippen molar-refractivity contribution in [2.24, 2.45) is 11.8 Å². The summed E-state index contributed by atoms with van der Waals surface area (Å²) < 4.78 is 31.9. The van der Waals surface area contributed by atoms with Crippen LogP contribution in [0, 0.1) is 31.5 Å². The van der Waals surface area contributed by atoms with E-state index in [-0.39, 0.29) is 23.6 Å². The van der Waals surface area contributed by atoms with Crippen LogP contribution in [0.5, 0.6) is 5.75 Å². The molecular weight excluding hydrogens is 609 g/mol. The minimum absolute atomic E-state index is 0.0845. The van der Waals surface area contributed by atoms with Crippen LogP contribution in [0.4, 0.5) is 10.2 Å². The van der Waals surface area contributed by atoms with Crippen LogP contribution in [-0.2, 0) is 25.7 Å². The zero-order chi connectivity index (χ0) is 33.6. The van der Waals surface area contributed by atoms with E-state index in [1.165, 1.54) is 17.7 Å². The number of carbonyl (C=O) groups excluding carboxylic acids is 2. The summed E-state index contributed by atoms with van der Waals surface area (Å²) in [7, 11) is 0. The lowest BCUT2D eigenvalue weighted by molar-refractivity contribution is -0.148. The first-order valence-corrected chi connectivity index (χ1v) is 17.6. The topological polar surface area (TPSA) is 81.2 Å². The average Bonchev–Trinajstić information content (AvgIpc) is 3.61. The van der Waals surface area contributed by atoms with E-state index in [4.69, 9.17) is 19.2 Å². The Morgan fingerprint density at radius 3 is 2.46 bits per heavy atom. The third kappa shape index (κ3) is 8.00. The molecule has 3 aliphatic heterocycles. The van der Waals surface area contributed by atoms with E-state index in [9.17, 15) is 14.0 Å². The number of carbonyl (C=O) groups is 2. The molecule has 256 valence electrons. The Morgan fingerprint density at radius 2 is 1.75 bits per heavy atom. The fourth-order valence-electron chi connectivity index (χ4n) is 7.33. The van der Waals surface area contributed by atoms with E-state index in [1.54, 1.807) is 0 Å². The number of amides is 1. The molecule has 0 saturated carbocycles. The van der Waals surface area contributed by atoms with Crippen molar-refractivity contribution in [2.75, 3.05) is 50.9 Å². The summed E-state index contributed by atoms with van der Waals surface area (Å²) in [6.07, 6.45) is 4.96. The second-order valence-electron chi connectivity index (χ2n) is 13.6. The van der Waals surface area contributed by atoms with E-state index >= 15 is 0 Å². The number of aryl methyl sites for hydroxylation is 2. The number of anilines is 1. The molecule has 1 aromatic heterocycles. The predicted molar refractivity (Wildman–Crippen MR) is 184 cm³/mol. The normalized spacial score (nSPS) is 19.0. The molecule has 2 aromatic carbocycles. The van der Waals surface area contributed by atoms with E-state index in [0.717, 1.165) is 55.9 Å². The largest absolute Gasteiger partial charge is 0.488 e. The predicted octanol–water partition coefficient (Wildman–Crippen LogP) is 7.00. The second-order valence-corrected chi connectivity index (χ2v) is 13.6. The highest BCUT2D eigenvalue weighted by atomic mass is 19.1. The maximum atomic E-state index is 14.8. The number of rotatable bonds is 10. The molecule has 1 atom stereocenters. The van der Waals surface area contributed by atoms with Crippen LogP contribution in [0.15, 0.2) is 48.5 Å². The summed E-state index contributed by atoms with van der Waals surface area (Å²) in [5, 5.41) is 0. The van der Waals surface area contributed by atoms with Gasteiger partial charge >= 0.3 is 5.97 Å². The Morgan fingerprint density at radius 1 is 0.958 bits per heavy atom. The molecule has 0 bridgehead atoms. The minimum atomic E-state index is -0.335. The first kappa shape index (κ1) is 33.9. The molecule has 1 amide bonds. The molecule has 4 heterocycles. The maximum absolute atomic E-state index is 14.8. The van der Waals surface area contributed by atoms with Gasteiger partial charge in [-0.3, -0.25) is 9.59 Å². The minimum Gasteiger partial charge on any atom is -0.488 e. The first-order valence-electron chi connectivity index (χ1n) is 17.6. The molecule has 0 radical (unpaired) electrons. The number of esters is 1. The van der Waals surface area contributed by atoms with Gasteiger partial charge in [-0.25, -0.2) is 9.37 Å². The highest BCUT2D eigenvalue weighted by Crippen LogP contribution is 2.36. The Hall–Kier alpha value is -3.98. The zero-order valence-corrected chi connectivity index (χ0v) is 28.5. The number of benzene rings is 2. The molecule has 3 fully saturated rings. The standard InChI is InChI=1S/C39H48FN3O5/c1-4-47-39(45)30-12-15-42(16-13-30)36-7-5-6-35(41-36)34-23-33(40)21-27(3)38(34)48-25-32-9-8-31(20-26(32)2)29-10-17-43(18-11-29)37(44)22-28-14-19-46-24-28/h5-9,20-21,23,28-30H,4,10-19,22,24-25H2,1-3H3. The molecule has 48 heavy (non-hydrogen) atoms. The van der Waals surface area contributed by atoms with Crippen molar-refractivity contribution >= 4 is 17.7 Å². The zero-order valence-electron chi connectivity index (χ0n) is 28.5. The van der Waals surface area contributed by atoms with Crippen LogP contribution < -0.4 is 9.64 Å². The van der Waals surface area contributed by atoms with E-state index in [0.29, 0.717) is 86.6 Å². The molecule has 3 saturated heterocycles. The summed E-state index contributed by atoms with van der Waals surface area (Å²) >= 11 is 0. The third-order valence-electron chi connectivity index (χ3n) is 10.2. The number of halogens is 1. The Kier molecular flexibility index (Phi) is 10.9. The van der Waals surface area contributed by atoms with Crippen LogP contribution in [0.1, 0.15) is 73.6 Å². The molecule has 1 unspecified atom stereocenters. The number of piperidine rings is 2. The van der Waals surface area contributed by atoms with Crippen LogP contribution >= 0.6 is 0 Å². The van der Waals surface area contributed by atoms with Crippen molar-refractivity contribution < 1.29 is 28.2 Å². The summed E-state index contributed by atoms with van der Waals surface area (Å²) in [5.41, 5.74) is 5.51. The Balaban J connectivity index is 1.09. The average molecular weight is 658 g/mol. The first-order chi connectivity index (χ1) is 23.3. The molecule has 0 aliphatic carbocycles. The van der Waals surface area contributed by atoms with E-state index < -0.39 is 0 Å². The summed E-state index contributed by atoms with van der Waals surface area (Å²) in [6, 6.07) is 15.4. The Bertz CT molecular complexity index is 1590. The number of likely N-dealkylation sites (tertiary alicyclic amines) is 1. The summed E-state index contributed by atoms with van der Waals surface area (Å²) in [4.78, 5) is 34.1. The van der Waals surface area contributed by atoms with Gasteiger partial charge in [0.1, 0.15) is 24.0 Å². The van der Waals surface area contributed by atoms with Crippen LogP contribution in [0.2, 0.25) is 0 Å². The van der Waals surface area contributed by atoms with Gasteiger partial charge in [-0.1, -0.05) is 24.3 Å². The highest BCUT2D eigenvalue weighted by Gasteiger charge is 2.28. The fourth-order valence-corrected chi connectivity index (χ4v) is 7.33. The number of aromatic nitrogens is 1. The van der Waals surface area contributed by atoms with Gasteiger partial charge in [-0.05, 0) is 111 Å². The van der Waals surface area contributed by atoms with Crippen molar-refractivity contribution in [2.45, 2.75) is 71.8 Å². The van der Waals surface area contributed by atoms with Gasteiger partial charge in [-0.15, -0.1) is 0 Å². The molecule has 0 N–H and O–H groups in total. The maximum Gasteiger partial charge on any atom is 0.309 e. The quantitative estimate of drug-likeness (QED) is 0.217. The van der Waals surface area contributed by atoms with Crippen LogP contribution in [-0.4, -0.2) is 67.8 Å². The molecule has 9 heteroatoms. The van der Waals surface area contributed by atoms with Crippen LogP contribution in [0.3, 0.4) is 0 Å². The highest BCUT2D eigenvalue weighted by molar-refractivity contribution is 5.76. The number of hydrogen-bond donors (Lipinski definition) is 0. The second kappa shape index (κ2) is 15.5. The summed E-state index contributed by atoms with van der Waals surface area (Å²) in [5.74, 6) is 1.94. The molecule has 8 nitrogen and oxygen atoms in total. The van der Waals surface area contributed by atoms with Crippen molar-refractivity contribution in [1.29, 1.82) is 0 Å². The van der Waals surface area contributed by atoms with E-state index in [1.807, 2.05) is 36.9 Å². The number of pyridine rings is 1. The van der Waals surface area contributed by atoms with Gasteiger partial charge < -0.3 is 24.0 Å². The lowest BCUT2D eigenvalue weighted by Crippen LogP contribution is -2.38. The molecule has 0 spiro atoms. The van der Waals surface area contributed by atoms with Crippen molar-refractivity contribution in [3.8, 4) is 17.0 Å². The summed E-state index contributed by atoms with van der Waals surface area (Å²) in [6.45, 7) is 11.0. The van der Waals surface area contributed by atoms with Crippen molar-refractivity contribution in [1.82, 2.24) is 9.88 Å². The van der Waals surface area contributed by atoms with Gasteiger partial charge in [0.15, 0.2) is 0 Å². The molecule has 3 aliphatic rings. The lowest BCUT2D eigenvalue weighted by atomic mass is 9.87. The van der Waals surface area contributed by atoms with Gasteiger partial charge in [-0.2, -0.15) is 0 Å². The SMILES string of the molecule is CCOC(=O)C1CCN(c2cccc(-c3cc(F)cc(C)c3OCc3ccc(C4CCN(C(=O)CC5CCOC5)CC4)cc3C)n2)CC1. The number of hydrogen-bond acceptors (Lipinski definition) is 7. The lowest BCUT2D eigenvalue weighted by Gasteiger charge is -2.33. The smallest absolute Gasteiger partial charge is 0.309 e. The molecule has 3 aromatic rings. The number of nitrogens with zero attached hydrogens (tertiary/aromatic N) is 3. The monoisotopic (exact) mass is 657 g/mol. The van der Waals surface area contributed by atoms with Gasteiger partial charge in [0.2, 0.25) is 5.91 Å². The van der Waals surface area contributed by atoms with Crippen LogP contribution in [0.25, 0.3) is 11.3 Å². The number of ether oxygens (including phenoxy) is 3. The molecule has 6 rings (SSSR count). The third-order valence-corrected chi connectivity index (χ3v) is 10.2.